The van der Waals surface area contributed by atoms with Crippen LogP contribution in [0, 0.1) is 21.4 Å². The molecule has 0 aromatic heterocycles. The fourth-order valence-corrected chi connectivity index (χ4v) is 4.17. The molecule has 0 aliphatic carbocycles. The summed E-state index contributed by atoms with van der Waals surface area (Å²) < 4.78 is 7.23. The first-order valence-electron chi connectivity index (χ1n) is 9.65. The van der Waals surface area contributed by atoms with E-state index in [-0.39, 0.29) is 16.9 Å². The first kappa shape index (κ1) is 24.6. The van der Waals surface area contributed by atoms with Crippen LogP contribution in [-0.4, -0.2) is 17.4 Å². The van der Waals surface area contributed by atoms with Crippen LogP contribution in [0.4, 0.5) is 11.4 Å². The van der Waals surface area contributed by atoms with Crippen molar-refractivity contribution in [1.82, 2.24) is 0 Å². The van der Waals surface area contributed by atoms with Gasteiger partial charge in [0.15, 0.2) is 0 Å². The molecular weight excluding hydrogens is 530 g/mol. The molecule has 0 aliphatic heterocycles. The molecule has 7 nitrogen and oxygen atoms in total. The van der Waals surface area contributed by atoms with Crippen molar-refractivity contribution < 1.29 is 14.5 Å². The summed E-state index contributed by atoms with van der Waals surface area (Å²) in [6.07, 6.45) is 5.84. The molecule has 9 heteroatoms. The van der Waals surface area contributed by atoms with Crippen LogP contribution in [0.2, 0.25) is 0 Å². The van der Waals surface area contributed by atoms with Gasteiger partial charge in [-0.15, -0.1) is 0 Å². The molecule has 2 rings (SSSR count). The number of hydrogen-bond donors (Lipinski definition) is 1. The van der Waals surface area contributed by atoms with Gasteiger partial charge in [-0.25, -0.2) is 0 Å². The Bertz CT molecular complexity index is 1010. The number of ether oxygens (including phenoxy) is 1. The lowest BCUT2D eigenvalue weighted by molar-refractivity contribution is -0.384. The van der Waals surface area contributed by atoms with Crippen molar-refractivity contribution in [3.8, 4) is 11.8 Å². The van der Waals surface area contributed by atoms with Gasteiger partial charge >= 0.3 is 0 Å². The zero-order chi connectivity index (χ0) is 22.8. The molecule has 0 heterocycles. The maximum atomic E-state index is 12.5. The summed E-state index contributed by atoms with van der Waals surface area (Å²) in [5.41, 5.74) is 0.550. The average molecular weight is 551 g/mol. The largest absolute Gasteiger partial charge is 0.491 e. The number of nitrogens with zero attached hydrogens (tertiary/aromatic N) is 2. The zero-order valence-electron chi connectivity index (χ0n) is 16.9. The number of nitriles is 1. The SMILES string of the molecule is CCCCCCOc1c(Br)cc(/C=C(/C#N)C(=O)Nc2cccc([N+](=O)[O-])c2)cc1Br. The van der Waals surface area contributed by atoms with Crippen LogP contribution in [0.25, 0.3) is 6.08 Å². The molecule has 0 atom stereocenters. The monoisotopic (exact) mass is 549 g/mol. The van der Waals surface area contributed by atoms with E-state index in [1.807, 2.05) is 6.07 Å². The number of nitrogens with one attached hydrogen (secondary N) is 1. The molecule has 0 unspecified atom stereocenters. The summed E-state index contributed by atoms with van der Waals surface area (Å²) in [5.74, 6) is -0.000281. The fourth-order valence-electron chi connectivity index (χ4n) is 2.71. The minimum absolute atomic E-state index is 0.140. The van der Waals surface area contributed by atoms with E-state index >= 15 is 0 Å². The minimum atomic E-state index is -0.661. The predicted octanol–water partition coefficient (Wildman–Crippen LogP) is 6.62. The molecule has 0 aliphatic rings. The maximum Gasteiger partial charge on any atom is 0.271 e. The van der Waals surface area contributed by atoms with Crippen molar-refractivity contribution in [2.45, 2.75) is 32.6 Å². The quantitative estimate of drug-likeness (QED) is 0.117. The van der Waals surface area contributed by atoms with Gasteiger partial charge in [0.2, 0.25) is 0 Å². The van der Waals surface area contributed by atoms with Crippen molar-refractivity contribution in [3.63, 3.8) is 0 Å². The molecule has 31 heavy (non-hydrogen) atoms. The Hall–Kier alpha value is -2.70. The number of non-ortho nitro benzene ring substituents is 1. The Balaban J connectivity index is 2.14. The van der Waals surface area contributed by atoms with E-state index in [1.54, 1.807) is 12.1 Å². The molecule has 0 bridgehead atoms. The third-order valence-electron chi connectivity index (χ3n) is 4.26. The number of anilines is 1. The lowest BCUT2D eigenvalue weighted by atomic mass is 10.1. The second-order valence-electron chi connectivity index (χ2n) is 6.65. The number of amides is 1. The summed E-state index contributed by atoms with van der Waals surface area (Å²) in [6.45, 7) is 2.75. The lowest BCUT2D eigenvalue weighted by Gasteiger charge is -2.11. The standard InChI is InChI=1S/C22H21Br2N3O4/c1-2-3-4-5-9-31-21-19(23)11-15(12-20(21)24)10-16(14-25)22(28)26-17-7-6-8-18(13-17)27(29)30/h6-8,10-13H,2-5,9H2,1H3,(H,26,28)/b16-10-. The third kappa shape index (κ3) is 7.49. The topological polar surface area (TPSA) is 105 Å². The molecule has 0 fully saturated rings. The number of hydrogen-bond acceptors (Lipinski definition) is 5. The smallest absolute Gasteiger partial charge is 0.271 e. The van der Waals surface area contributed by atoms with Crippen molar-refractivity contribution in [3.05, 3.63) is 66.6 Å². The van der Waals surface area contributed by atoms with E-state index in [2.05, 4.69) is 44.1 Å². The highest BCUT2D eigenvalue weighted by molar-refractivity contribution is 9.11. The van der Waals surface area contributed by atoms with Gasteiger partial charge in [-0.1, -0.05) is 32.3 Å². The van der Waals surface area contributed by atoms with Gasteiger partial charge in [0.25, 0.3) is 11.6 Å². The molecular formula is C22H21Br2N3O4. The predicted molar refractivity (Wildman–Crippen MR) is 127 cm³/mol. The van der Waals surface area contributed by atoms with E-state index in [9.17, 15) is 20.2 Å². The van der Waals surface area contributed by atoms with E-state index < -0.39 is 10.8 Å². The second kappa shape index (κ2) is 12.2. The molecule has 0 saturated carbocycles. The average Bonchev–Trinajstić information content (AvgIpc) is 2.73. The van der Waals surface area contributed by atoms with Crippen LogP contribution < -0.4 is 10.1 Å². The van der Waals surface area contributed by atoms with Crippen molar-refractivity contribution >= 4 is 55.2 Å². The highest BCUT2D eigenvalue weighted by Crippen LogP contribution is 2.35. The number of carbonyl (C=O) groups is 1. The fraction of sp³-hybridized carbons (Fsp3) is 0.273. The molecule has 162 valence electrons. The number of benzene rings is 2. The highest BCUT2D eigenvalue weighted by Gasteiger charge is 2.14. The maximum absolute atomic E-state index is 12.5. The van der Waals surface area contributed by atoms with Gasteiger partial charge in [-0.05, 0) is 68.1 Å². The van der Waals surface area contributed by atoms with Gasteiger partial charge in [0.05, 0.1) is 20.5 Å². The van der Waals surface area contributed by atoms with Crippen LogP contribution in [0.5, 0.6) is 5.75 Å². The highest BCUT2D eigenvalue weighted by atomic mass is 79.9. The van der Waals surface area contributed by atoms with Crippen LogP contribution in [-0.2, 0) is 4.79 Å². The Labute approximate surface area is 197 Å². The molecule has 0 saturated heterocycles. The summed E-state index contributed by atoms with van der Waals surface area (Å²) in [6, 6.07) is 10.9. The van der Waals surface area contributed by atoms with E-state index in [1.165, 1.54) is 36.8 Å². The number of halogens is 2. The summed E-state index contributed by atoms with van der Waals surface area (Å²) >= 11 is 6.95. The van der Waals surface area contributed by atoms with Crippen LogP contribution >= 0.6 is 31.9 Å². The second-order valence-corrected chi connectivity index (χ2v) is 8.36. The van der Waals surface area contributed by atoms with Crippen molar-refractivity contribution in [1.29, 1.82) is 5.26 Å². The first-order valence-corrected chi connectivity index (χ1v) is 11.2. The van der Waals surface area contributed by atoms with Gasteiger partial charge in [0.1, 0.15) is 17.4 Å². The molecule has 2 aromatic carbocycles. The number of nitro benzene ring substituents is 1. The number of carbonyl (C=O) groups excluding carboxylic acids is 1. The number of nitro groups is 1. The van der Waals surface area contributed by atoms with Crippen LogP contribution in [0.15, 0.2) is 50.9 Å². The Kier molecular flexibility index (Phi) is 9.69. The molecule has 1 amide bonds. The van der Waals surface area contributed by atoms with Crippen LogP contribution in [0.1, 0.15) is 38.2 Å². The van der Waals surface area contributed by atoms with Crippen LogP contribution in [0.3, 0.4) is 0 Å². The van der Waals surface area contributed by atoms with Gasteiger partial charge < -0.3 is 10.1 Å². The summed E-state index contributed by atoms with van der Waals surface area (Å²) in [4.78, 5) is 22.8. The normalized spacial score (nSPS) is 11.0. The summed E-state index contributed by atoms with van der Waals surface area (Å²) in [5, 5.41) is 22.8. The van der Waals surface area contributed by atoms with Crippen molar-refractivity contribution in [2.24, 2.45) is 0 Å². The Morgan fingerprint density at radius 2 is 1.94 bits per heavy atom. The molecule has 1 N–H and O–H groups in total. The Morgan fingerprint density at radius 3 is 2.55 bits per heavy atom. The Morgan fingerprint density at radius 1 is 1.23 bits per heavy atom. The molecule has 2 aromatic rings. The summed E-state index contributed by atoms with van der Waals surface area (Å²) in [7, 11) is 0. The minimum Gasteiger partial charge on any atom is -0.491 e. The first-order chi connectivity index (χ1) is 14.8. The number of unbranched alkanes of at least 4 members (excludes halogenated alkanes) is 3. The van der Waals surface area contributed by atoms with E-state index in [0.717, 1.165) is 19.3 Å². The molecule has 0 spiro atoms. The lowest BCUT2D eigenvalue weighted by Crippen LogP contribution is -2.13. The van der Waals surface area contributed by atoms with Gasteiger partial charge in [-0.2, -0.15) is 5.26 Å². The van der Waals surface area contributed by atoms with E-state index in [4.69, 9.17) is 4.74 Å². The zero-order valence-corrected chi connectivity index (χ0v) is 20.0. The van der Waals surface area contributed by atoms with Gasteiger partial charge in [-0.3, -0.25) is 14.9 Å². The molecule has 0 radical (unpaired) electrons. The van der Waals surface area contributed by atoms with E-state index in [0.29, 0.717) is 26.9 Å². The van der Waals surface area contributed by atoms with Crippen molar-refractivity contribution in [2.75, 3.05) is 11.9 Å². The third-order valence-corrected chi connectivity index (χ3v) is 5.43. The number of rotatable bonds is 10. The van der Waals surface area contributed by atoms with Gasteiger partial charge in [0, 0.05) is 17.8 Å².